The number of aryl methyl sites for hydroxylation is 2. The first-order valence-corrected chi connectivity index (χ1v) is 8.54. The van der Waals surface area contributed by atoms with Gasteiger partial charge in [-0.1, -0.05) is 6.07 Å². The van der Waals surface area contributed by atoms with E-state index >= 15 is 0 Å². The van der Waals surface area contributed by atoms with E-state index < -0.39 is 11.7 Å². The number of halogens is 3. The molecule has 0 radical (unpaired) electrons. The molecule has 26 heavy (non-hydrogen) atoms. The molecule has 1 aliphatic rings. The predicted molar refractivity (Wildman–Crippen MR) is 95.5 cm³/mol. The van der Waals surface area contributed by atoms with Crippen LogP contribution in [0.4, 0.5) is 18.9 Å². The van der Waals surface area contributed by atoms with Crippen molar-refractivity contribution in [2.24, 2.45) is 0 Å². The number of alkyl halides is 3. The minimum absolute atomic E-state index is 0.000157. The molecule has 1 saturated heterocycles. The van der Waals surface area contributed by atoms with Gasteiger partial charge in [0, 0.05) is 37.4 Å². The number of rotatable bonds is 2. The molecule has 0 aromatic heterocycles. The van der Waals surface area contributed by atoms with E-state index in [-0.39, 0.29) is 5.91 Å². The van der Waals surface area contributed by atoms with Crippen molar-refractivity contribution >= 4 is 11.6 Å². The van der Waals surface area contributed by atoms with Crippen molar-refractivity contribution in [2.45, 2.75) is 20.0 Å². The van der Waals surface area contributed by atoms with E-state index in [2.05, 4.69) is 0 Å². The Balaban J connectivity index is 1.63. The van der Waals surface area contributed by atoms with Gasteiger partial charge >= 0.3 is 6.18 Å². The number of carbonyl (C=O) groups is 1. The van der Waals surface area contributed by atoms with E-state index in [4.69, 9.17) is 0 Å². The standard InChI is InChI=1S/C20H21F3N2O/c1-14-3-4-16(13-15(14)2)19(26)25-11-9-24(10-12-25)18-7-5-17(6-8-18)20(21,22)23/h3-8,13H,9-12H2,1-2H3. The third-order valence-corrected chi connectivity index (χ3v) is 4.88. The second-order valence-electron chi connectivity index (χ2n) is 6.62. The smallest absolute Gasteiger partial charge is 0.368 e. The second kappa shape index (κ2) is 7.02. The van der Waals surface area contributed by atoms with E-state index in [1.54, 1.807) is 4.90 Å². The van der Waals surface area contributed by atoms with E-state index in [0.717, 1.165) is 28.9 Å². The van der Waals surface area contributed by atoms with Crippen molar-refractivity contribution in [1.82, 2.24) is 4.90 Å². The molecule has 1 amide bonds. The third-order valence-electron chi connectivity index (χ3n) is 4.88. The van der Waals surface area contributed by atoms with Crippen LogP contribution in [0.3, 0.4) is 0 Å². The first-order valence-electron chi connectivity index (χ1n) is 8.54. The van der Waals surface area contributed by atoms with E-state index in [9.17, 15) is 18.0 Å². The summed E-state index contributed by atoms with van der Waals surface area (Å²) in [6, 6.07) is 10.9. The number of hydrogen-bond donors (Lipinski definition) is 0. The van der Waals surface area contributed by atoms with Gasteiger partial charge in [-0.25, -0.2) is 0 Å². The van der Waals surface area contributed by atoms with Crippen LogP contribution in [0.25, 0.3) is 0 Å². The summed E-state index contributed by atoms with van der Waals surface area (Å²) in [6.07, 6.45) is -4.32. The zero-order valence-electron chi connectivity index (χ0n) is 14.8. The van der Waals surface area contributed by atoms with Crippen LogP contribution in [0, 0.1) is 13.8 Å². The zero-order chi connectivity index (χ0) is 18.9. The van der Waals surface area contributed by atoms with Crippen molar-refractivity contribution in [1.29, 1.82) is 0 Å². The van der Waals surface area contributed by atoms with Crippen molar-refractivity contribution < 1.29 is 18.0 Å². The van der Waals surface area contributed by atoms with Gasteiger partial charge in [0.2, 0.25) is 0 Å². The molecule has 0 bridgehead atoms. The van der Waals surface area contributed by atoms with Crippen molar-refractivity contribution in [3.05, 3.63) is 64.7 Å². The highest BCUT2D eigenvalue weighted by Crippen LogP contribution is 2.30. The highest BCUT2D eigenvalue weighted by Gasteiger charge is 2.30. The van der Waals surface area contributed by atoms with Crippen molar-refractivity contribution in [3.8, 4) is 0 Å². The number of piperazine rings is 1. The van der Waals surface area contributed by atoms with Gasteiger partial charge in [-0.15, -0.1) is 0 Å². The van der Waals surface area contributed by atoms with Crippen LogP contribution in [0.15, 0.2) is 42.5 Å². The number of anilines is 1. The van der Waals surface area contributed by atoms with Gasteiger partial charge in [0.1, 0.15) is 0 Å². The van der Waals surface area contributed by atoms with Gasteiger partial charge in [-0.05, 0) is 61.4 Å². The summed E-state index contributed by atoms with van der Waals surface area (Å²) < 4.78 is 38.0. The summed E-state index contributed by atoms with van der Waals surface area (Å²) in [4.78, 5) is 16.4. The Morgan fingerprint density at radius 2 is 1.50 bits per heavy atom. The maximum absolute atomic E-state index is 12.7. The molecular weight excluding hydrogens is 341 g/mol. The lowest BCUT2D eigenvalue weighted by Crippen LogP contribution is -2.48. The Labute approximate surface area is 151 Å². The molecule has 1 fully saturated rings. The predicted octanol–water partition coefficient (Wildman–Crippen LogP) is 4.28. The first kappa shape index (κ1) is 18.3. The van der Waals surface area contributed by atoms with Crippen LogP contribution in [0.5, 0.6) is 0 Å². The van der Waals surface area contributed by atoms with Gasteiger partial charge < -0.3 is 9.80 Å². The molecular formula is C20H21F3N2O. The SMILES string of the molecule is Cc1ccc(C(=O)N2CCN(c3ccc(C(F)(F)F)cc3)CC2)cc1C. The Morgan fingerprint density at radius 3 is 2.04 bits per heavy atom. The van der Waals surface area contributed by atoms with E-state index in [1.165, 1.54) is 12.1 Å². The molecule has 1 heterocycles. The van der Waals surface area contributed by atoms with Crippen molar-refractivity contribution in [2.75, 3.05) is 31.1 Å². The Morgan fingerprint density at radius 1 is 0.885 bits per heavy atom. The average molecular weight is 362 g/mol. The highest BCUT2D eigenvalue weighted by molar-refractivity contribution is 5.94. The van der Waals surface area contributed by atoms with Crippen LogP contribution < -0.4 is 4.90 Å². The number of amides is 1. The van der Waals surface area contributed by atoms with Crippen LogP contribution in [-0.4, -0.2) is 37.0 Å². The summed E-state index contributed by atoms with van der Waals surface area (Å²) in [5, 5.41) is 0. The molecule has 138 valence electrons. The largest absolute Gasteiger partial charge is 0.416 e. The average Bonchev–Trinajstić information content (AvgIpc) is 2.63. The number of nitrogens with zero attached hydrogens (tertiary/aromatic N) is 2. The molecule has 0 unspecified atom stereocenters. The molecule has 0 spiro atoms. The third kappa shape index (κ3) is 3.84. The molecule has 3 rings (SSSR count). The minimum atomic E-state index is -4.32. The molecule has 2 aromatic carbocycles. The minimum Gasteiger partial charge on any atom is -0.368 e. The number of benzene rings is 2. The fourth-order valence-corrected chi connectivity index (χ4v) is 3.09. The van der Waals surface area contributed by atoms with Crippen LogP contribution >= 0.6 is 0 Å². The summed E-state index contributed by atoms with van der Waals surface area (Å²) >= 11 is 0. The summed E-state index contributed by atoms with van der Waals surface area (Å²) in [7, 11) is 0. The van der Waals surface area contributed by atoms with E-state index in [0.29, 0.717) is 31.7 Å². The topological polar surface area (TPSA) is 23.6 Å². The number of hydrogen-bond acceptors (Lipinski definition) is 2. The monoisotopic (exact) mass is 362 g/mol. The second-order valence-corrected chi connectivity index (χ2v) is 6.62. The Hall–Kier alpha value is -2.50. The van der Waals surface area contributed by atoms with Gasteiger partial charge in [0.25, 0.3) is 5.91 Å². The van der Waals surface area contributed by atoms with Crippen LogP contribution in [-0.2, 0) is 6.18 Å². The summed E-state index contributed by atoms with van der Waals surface area (Å²) in [5.41, 5.74) is 3.00. The molecule has 0 aliphatic carbocycles. The molecule has 3 nitrogen and oxygen atoms in total. The Bertz CT molecular complexity index is 792. The first-order chi connectivity index (χ1) is 12.3. The zero-order valence-corrected chi connectivity index (χ0v) is 14.8. The number of carbonyl (C=O) groups excluding carboxylic acids is 1. The van der Waals surface area contributed by atoms with Crippen molar-refractivity contribution in [3.63, 3.8) is 0 Å². The van der Waals surface area contributed by atoms with Gasteiger partial charge in [-0.3, -0.25) is 4.79 Å². The molecule has 0 atom stereocenters. The molecule has 1 aliphatic heterocycles. The van der Waals surface area contributed by atoms with Gasteiger partial charge in [0.15, 0.2) is 0 Å². The summed E-state index contributed by atoms with van der Waals surface area (Å²) in [5.74, 6) is 0.000157. The normalized spacial score (nSPS) is 15.3. The molecule has 2 aromatic rings. The quantitative estimate of drug-likeness (QED) is 0.796. The lowest BCUT2D eigenvalue weighted by atomic mass is 10.1. The maximum atomic E-state index is 12.7. The fourth-order valence-electron chi connectivity index (χ4n) is 3.09. The summed E-state index contributed by atoms with van der Waals surface area (Å²) in [6.45, 7) is 6.28. The fraction of sp³-hybridized carbons (Fsp3) is 0.350. The van der Waals surface area contributed by atoms with Crippen LogP contribution in [0.2, 0.25) is 0 Å². The molecule has 6 heteroatoms. The molecule has 0 N–H and O–H groups in total. The maximum Gasteiger partial charge on any atom is 0.416 e. The van der Waals surface area contributed by atoms with Crippen LogP contribution in [0.1, 0.15) is 27.0 Å². The lowest BCUT2D eigenvalue weighted by molar-refractivity contribution is -0.137. The van der Waals surface area contributed by atoms with Gasteiger partial charge in [0.05, 0.1) is 5.56 Å². The molecule has 0 saturated carbocycles. The van der Waals surface area contributed by atoms with Gasteiger partial charge in [-0.2, -0.15) is 13.2 Å². The van der Waals surface area contributed by atoms with E-state index in [1.807, 2.05) is 36.9 Å². The Kier molecular flexibility index (Phi) is 4.94. The highest BCUT2D eigenvalue weighted by atomic mass is 19.4. The lowest BCUT2D eigenvalue weighted by Gasteiger charge is -2.36.